The van der Waals surface area contributed by atoms with Crippen molar-refractivity contribution in [3.05, 3.63) is 82.7 Å². The number of methoxy groups -OCH3 is 1. The maximum Gasteiger partial charge on any atom is 0.250 e. The Morgan fingerprint density at radius 1 is 1.19 bits per heavy atom. The van der Waals surface area contributed by atoms with E-state index in [9.17, 15) is 9.18 Å². The van der Waals surface area contributed by atoms with Crippen molar-refractivity contribution in [3.63, 3.8) is 0 Å². The summed E-state index contributed by atoms with van der Waals surface area (Å²) in [7, 11) is 1.65. The average molecular weight is 432 g/mol. The molecular formula is C26H26FN3O2. The van der Waals surface area contributed by atoms with Gasteiger partial charge >= 0.3 is 0 Å². The van der Waals surface area contributed by atoms with Crippen LogP contribution in [0.25, 0.3) is 11.8 Å². The van der Waals surface area contributed by atoms with Crippen molar-refractivity contribution in [2.45, 2.75) is 38.6 Å². The Morgan fingerprint density at radius 2 is 2.06 bits per heavy atom. The molecule has 1 fully saturated rings. The van der Waals surface area contributed by atoms with E-state index >= 15 is 0 Å². The Balaban J connectivity index is 1.42. The van der Waals surface area contributed by atoms with Gasteiger partial charge in [-0.25, -0.2) is 9.37 Å². The lowest BCUT2D eigenvalue weighted by molar-refractivity contribution is -0.131. The number of rotatable bonds is 4. The van der Waals surface area contributed by atoms with Crippen LogP contribution in [0.15, 0.2) is 54.5 Å². The summed E-state index contributed by atoms with van der Waals surface area (Å²) in [6.45, 7) is 2.68. The van der Waals surface area contributed by atoms with E-state index in [1.54, 1.807) is 19.5 Å². The number of carbonyl (C=O) groups is 1. The maximum absolute atomic E-state index is 13.6. The van der Waals surface area contributed by atoms with Crippen molar-refractivity contribution >= 4 is 12.0 Å². The predicted molar refractivity (Wildman–Crippen MR) is 121 cm³/mol. The van der Waals surface area contributed by atoms with Gasteiger partial charge in [-0.1, -0.05) is 12.1 Å². The summed E-state index contributed by atoms with van der Waals surface area (Å²) in [6, 6.07) is 10.9. The number of carbonyl (C=O) groups excluding carboxylic acids is 1. The molecule has 32 heavy (non-hydrogen) atoms. The molecule has 5 rings (SSSR count). The number of likely N-dealkylation sites (tertiary alicyclic amines) is 1. The van der Waals surface area contributed by atoms with Crippen molar-refractivity contribution in [1.82, 2.24) is 14.5 Å². The van der Waals surface area contributed by atoms with Crippen molar-refractivity contribution in [2.75, 3.05) is 13.7 Å². The second kappa shape index (κ2) is 8.26. The van der Waals surface area contributed by atoms with Crippen LogP contribution in [0.5, 0.6) is 5.75 Å². The van der Waals surface area contributed by atoms with Crippen LogP contribution in [0.2, 0.25) is 0 Å². The highest BCUT2D eigenvalue weighted by Crippen LogP contribution is 2.39. The maximum atomic E-state index is 13.6. The number of hydrogen-bond acceptors (Lipinski definition) is 3. The molecule has 1 aliphatic carbocycles. The summed E-state index contributed by atoms with van der Waals surface area (Å²) in [6.07, 6.45) is 9.03. The molecule has 2 aliphatic rings. The standard InChI is InChI=1S/C26H26FN3O2/c1-17-15-29(16-28-17)24-9-5-18(13-25(24)32-2)12-20-4-3-11-30(26(20)31)23-10-6-19-14-21(27)7-8-22(19)23/h5,7-9,12-16,23H,3-4,6,10-11H2,1-2H3/b20-12+/t23-/m0/s1. The number of halogens is 1. The topological polar surface area (TPSA) is 47.4 Å². The first-order chi connectivity index (χ1) is 15.5. The average Bonchev–Trinajstić information content (AvgIpc) is 3.41. The third-order valence-electron chi connectivity index (χ3n) is 6.44. The van der Waals surface area contributed by atoms with Gasteiger partial charge in [0.1, 0.15) is 11.6 Å². The molecule has 0 N–H and O–H groups in total. The Kier molecular flexibility index (Phi) is 5.29. The summed E-state index contributed by atoms with van der Waals surface area (Å²) in [4.78, 5) is 19.6. The zero-order valence-electron chi connectivity index (χ0n) is 18.3. The molecule has 2 heterocycles. The summed E-state index contributed by atoms with van der Waals surface area (Å²) < 4.78 is 21.1. The Hall–Kier alpha value is -3.41. The molecule has 1 amide bonds. The smallest absolute Gasteiger partial charge is 0.250 e. The molecule has 6 heteroatoms. The molecular weight excluding hydrogens is 405 g/mol. The molecule has 1 aliphatic heterocycles. The van der Waals surface area contributed by atoms with Gasteiger partial charge in [0.25, 0.3) is 0 Å². The number of nitrogens with zero attached hydrogens (tertiary/aromatic N) is 3. The van der Waals surface area contributed by atoms with Gasteiger partial charge in [-0.15, -0.1) is 0 Å². The largest absolute Gasteiger partial charge is 0.495 e. The summed E-state index contributed by atoms with van der Waals surface area (Å²) in [5, 5.41) is 0. The van der Waals surface area contributed by atoms with Crippen molar-refractivity contribution < 1.29 is 13.9 Å². The highest BCUT2D eigenvalue weighted by atomic mass is 19.1. The number of aromatic nitrogens is 2. The van der Waals surface area contributed by atoms with E-state index in [4.69, 9.17) is 4.74 Å². The molecule has 0 spiro atoms. The van der Waals surface area contributed by atoms with Crippen LogP contribution in [-0.4, -0.2) is 34.0 Å². The van der Waals surface area contributed by atoms with E-state index in [2.05, 4.69) is 4.98 Å². The SMILES string of the molecule is COc1cc(/C=C2\CCCN([C@H]3CCc4cc(F)ccc43)C2=O)ccc1-n1cnc(C)c1. The van der Waals surface area contributed by atoms with E-state index in [1.165, 1.54) is 6.07 Å². The van der Waals surface area contributed by atoms with Gasteiger partial charge in [0.05, 0.1) is 30.9 Å². The number of amides is 1. The van der Waals surface area contributed by atoms with Crippen LogP contribution < -0.4 is 4.74 Å². The lowest BCUT2D eigenvalue weighted by Gasteiger charge is -2.34. The number of benzene rings is 2. The molecule has 0 unspecified atom stereocenters. The minimum atomic E-state index is -0.210. The fraction of sp³-hybridized carbons (Fsp3) is 0.308. The molecule has 1 saturated heterocycles. The van der Waals surface area contributed by atoms with Gasteiger partial charge in [-0.05, 0) is 79.6 Å². The van der Waals surface area contributed by atoms with E-state index in [0.29, 0.717) is 0 Å². The van der Waals surface area contributed by atoms with E-state index in [1.807, 2.05) is 52.9 Å². The zero-order chi connectivity index (χ0) is 22.2. The van der Waals surface area contributed by atoms with Gasteiger partial charge < -0.3 is 14.2 Å². The second-order valence-corrected chi connectivity index (χ2v) is 8.52. The monoisotopic (exact) mass is 431 g/mol. The number of hydrogen-bond donors (Lipinski definition) is 0. The molecule has 2 aromatic carbocycles. The Morgan fingerprint density at radius 3 is 2.84 bits per heavy atom. The number of ether oxygens (including phenoxy) is 1. The van der Waals surface area contributed by atoms with Crippen LogP contribution in [0.4, 0.5) is 4.39 Å². The fourth-order valence-electron chi connectivity index (χ4n) is 4.90. The highest BCUT2D eigenvalue weighted by molar-refractivity contribution is 5.99. The predicted octanol–water partition coefficient (Wildman–Crippen LogP) is 5.02. The fourth-order valence-corrected chi connectivity index (χ4v) is 4.90. The summed E-state index contributed by atoms with van der Waals surface area (Å²) in [5.41, 5.74) is 5.68. The first-order valence-electron chi connectivity index (χ1n) is 11.0. The zero-order valence-corrected chi connectivity index (χ0v) is 18.3. The van der Waals surface area contributed by atoms with Crippen molar-refractivity contribution in [2.24, 2.45) is 0 Å². The molecule has 164 valence electrons. The van der Waals surface area contributed by atoms with E-state index < -0.39 is 0 Å². The minimum Gasteiger partial charge on any atom is -0.495 e. The van der Waals surface area contributed by atoms with Crippen LogP contribution >= 0.6 is 0 Å². The first-order valence-corrected chi connectivity index (χ1v) is 11.0. The molecule has 3 aromatic rings. The normalized spacial score (nSPS) is 19.5. The molecule has 5 nitrogen and oxygen atoms in total. The first kappa shape index (κ1) is 20.5. The molecule has 0 saturated carbocycles. The highest BCUT2D eigenvalue weighted by Gasteiger charge is 2.34. The van der Waals surface area contributed by atoms with Gasteiger partial charge in [0.15, 0.2) is 0 Å². The van der Waals surface area contributed by atoms with Crippen LogP contribution in [0.1, 0.15) is 47.7 Å². The number of piperidine rings is 1. The van der Waals surface area contributed by atoms with Crippen LogP contribution in [-0.2, 0) is 11.2 Å². The number of aryl methyl sites for hydroxylation is 2. The third kappa shape index (κ3) is 3.70. The third-order valence-corrected chi connectivity index (χ3v) is 6.44. The minimum absolute atomic E-state index is 0.0307. The lowest BCUT2D eigenvalue weighted by Crippen LogP contribution is -2.39. The van der Waals surface area contributed by atoms with Crippen molar-refractivity contribution in [1.29, 1.82) is 0 Å². The quantitative estimate of drug-likeness (QED) is 0.545. The second-order valence-electron chi connectivity index (χ2n) is 8.52. The van der Waals surface area contributed by atoms with Crippen LogP contribution in [0, 0.1) is 12.7 Å². The summed E-state index contributed by atoms with van der Waals surface area (Å²) >= 11 is 0. The van der Waals surface area contributed by atoms with Gasteiger partial charge in [-0.2, -0.15) is 0 Å². The molecule has 0 radical (unpaired) electrons. The molecule has 0 bridgehead atoms. The van der Waals surface area contributed by atoms with Gasteiger partial charge in [0, 0.05) is 18.3 Å². The number of fused-ring (bicyclic) bond motifs is 1. The molecule has 1 aromatic heterocycles. The van der Waals surface area contributed by atoms with Crippen LogP contribution in [0.3, 0.4) is 0 Å². The Bertz CT molecular complexity index is 1210. The Labute approximate surface area is 187 Å². The molecule has 1 atom stereocenters. The van der Waals surface area contributed by atoms with E-state index in [0.717, 1.165) is 71.6 Å². The number of imidazole rings is 1. The van der Waals surface area contributed by atoms with Gasteiger partial charge in [0.2, 0.25) is 5.91 Å². The summed E-state index contributed by atoms with van der Waals surface area (Å²) in [5.74, 6) is 0.591. The van der Waals surface area contributed by atoms with E-state index in [-0.39, 0.29) is 17.8 Å². The lowest BCUT2D eigenvalue weighted by atomic mass is 9.97. The van der Waals surface area contributed by atoms with Gasteiger partial charge in [-0.3, -0.25) is 4.79 Å². The van der Waals surface area contributed by atoms with Crippen molar-refractivity contribution in [3.8, 4) is 11.4 Å².